The number of benzene rings is 1. The van der Waals surface area contributed by atoms with Gasteiger partial charge < -0.3 is 20.3 Å². The lowest BCUT2D eigenvalue weighted by atomic mass is 10.2. The summed E-state index contributed by atoms with van der Waals surface area (Å²) in [6, 6.07) is 7.83. The van der Waals surface area contributed by atoms with Gasteiger partial charge in [0.15, 0.2) is 5.96 Å². The molecule has 0 aromatic heterocycles. The van der Waals surface area contributed by atoms with E-state index in [0.29, 0.717) is 12.5 Å². The van der Waals surface area contributed by atoms with Crippen molar-refractivity contribution in [3.05, 3.63) is 29.3 Å². The molecule has 7 heteroatoms. The molecule has 22 heavy (non-hydrogen) atoms. The van der Waals surface area contributed by atoms with E-state index in [-0.39, 0.29) is 12.4 Å². The summed E-state index contributed by atoms with van der Waals surface area (Å²) >= 11 is 5.90. The highest BCUT2D eigenvalue weighted by molar-refractivity contribution is 6.30. The first-order chi connectivity index (χ1) is 10.6. The largest absolute Gasteiger partial charge is 0.469 e. The van der Waals surface area contributed by atoms with E-state index < -0.39 is 0 Å². The summed E-state index contributed by atoms with van der Waals surface area (Å²) < 4.78 is 4.57. The molecule has 0 bridgehead atoms. The molecule has 1 saturated heterocycles. The SMILES string of the molecule is COC(=O)CCN=C(N)N1CCN(c2ccc(Cl)cc2)CC1. The van der Waals surface area contributed by atoms with E-state index in [9.17, 15) is 4.79 Å². The molecular weight excluding hydrogens is 304 g/mol. The van der Waals surface area contributed by atoms with Crippen LogP contribution < -0.4 is 10.6 Å². The summed E-state index contributed by atoms with van der Waals surface area (Å²) in [4.78, 5) is 19.6. The Morgan fingerprint density at radius 3 is 2.50 bits per heavy atom. The normalized spacial score (nSPS) is 15.8. The van der Waals surface area contributed by atoms with Gasteiger partial charge in [-0.25, -0.2) is 0 Å². The van der Waals surface area contributed by atoms with Crippen LogP contribution in [0, 0.1) is 0 Å². The van der Waals surface area contributed by atoms with Crippen LogP contribution in [0.2, 0.25) is 5.02 Å². The first kappa shape index (κ1) is 16.4. The fourth-order valence-electron chi connectivity index (χ4n) is 2.31. The van der Waals surface area contributed by atoms with Gasteiger partial charge in [-0.15, -0.1) is 0 Å². The van der Waals surface area contributed by atoms with E-state index in [1.54, 1.807) is 0 Å². The van der Waals surface area contributed by atoms with Crippen molar-refractivity contribution in [2.75, 3.05) is 44.7 Å². The van der Waals surface area contributed by atoms with Crippen molar-refractivity contribution >= 4 is 29.2 Å². The molecule has 0 radical (unpaired) electrons. The van der Waals surface area contributed by atoms with Gasteiger partial charge in [-0.3, -0.25) is 9.79 Å². The molecule has 1 aromatic carbocycles. The predicted octanol–water partition coefficient (Wildman–Crippen LogP) is 1.34. The third-order valence-electron chi connectivity index (χ3n) is 3.61. The highest BCUT2D eigenvalue weighted by Gasteiger charge is 2.18. The van der Waals surface area contributed by atoms with Crippen molar-refractivity contribution in [2.24, 2.45) is 10.7 Å². The van der Waals surface area contributed by atoms with E-state index >= 15 is 0 Å². The van der Waals surface area contributed by atoms with E-state index in [0.717, 1.165) is 36.9 Å². The van der Waals surface area contributed by atoms with Crippen LogP contribution in [-0.2, 0) is 9.53 Å². The minimum Gasteiger partial charge on any atom is -0.469 e. The van der Waals surface area contributed by atoms with Crippen LogP contribution in [-0.4, -0.2) is 56.7 Å². The van der Waals surface area contributed by atoms with Crippen molar-refractivity contribution in [1.82, 2.24) is 4.90 Å². The molecule has 0 saturated carbocycles. The summed E-state index contributed by atoms with van der Waals surface area (Å²) in [5, 5.41) is 0.740. The Balaban J connectivity index is 1.82. The number of halogens is 1. The lowest BCUT2D eigenvalue weighted by molar-refractivity contribution is -0.140. The second-order valence-corrected chi connectivity index (χ2v) is 5.45. The number of ether oxygens (including phenoxy) is 1. The molecule has 1 fully saturated rings. The van der Waals surface area contributed by atoms with Crippen molar-refractivity contribution in [2.45, 2.75) is 6.42 Å². The van der Waals surface area contributed by atoms with Crippen LogP contribution in [0.3, 0.4) is 0 Å². The number of rotatable bonds is 4. The van der Waals surface area contributed by atoms with Gasteiger partial charge in [-0.05, 0) is 24.3 Å². The Kier molecular flexibility index (Phi) is 5.89. The number of carbonyl (C=O) groups is 1. The molecule has 1 aliphatic heterocycles. The second kappa shape index (κ2) is 7.89. The fraction of sp³-hybridized carbons (Fsp3) is 0.467. The van der Waals surface area contributed by atoms with E-state index in [2.05, 4.69) is 14.6 Å². The number of piperazine rings is 1. The molecule has 0 atom stereocenters. The van der Waals surface area contributed by atoms with Gasteiger partial charge >= 0.3 is 5.97 Å². The molecule has 0 unspecified atom stereocenters. The van der Waals surface area contributed by atoms with Crippen LogP contribution in [0.4, 0.5) is 5.69 Å². The molecule has 1 aromatic rings. The van der Waals surface area contributed by atoms with Gasteiger partial charge in [0.25, 0.3) is 0 Å². The number of esters is 1. The molecule has 1 aliphatic rings. The van der Waals surface area contributed by atoms with Crippen molar-refractivity contribution in [3.8, 4) is 0 Å². The number of nitrogens with two attached hydrogens (primary N) is 1. The zero-order chi connectivity index (χ0) is 15.9. The number of guanidine groups is 1. The van der Waals surface area contributed by atoms with Crippen LogP contribution >= 0.6 is 11.6 Å². The highest BCUT2D eigenvalue weighted by atomic mass is 35.5. The monoisotopic (exact) mass is 324 g/mol. The van der Waals surface area contributed by atoms with Crippen LogP contribution in [0.15, 0.2) is 29.3 Å². The first-order valence-corrected chi connectivity index (χ1v) is 7.60. The van der Waals surface area contributed by atoms with E-state index in [1.807, 2.05) is 29.2 Å². The zero-order valence-electron chi connectivity index (χ0n) is 12.7. The highest BCUT2D eigenvalue weighted by Crippen LogP contribution is 2.19. The van der Waals surface area contributed by atoms with Crippen molar-refractivity contribution in [3.63, 3.8) is 0 Å². The molecular formula is C15H21ClN4O2. The third-order valence-corrected chi connectivity index (χ3v) is 3.86. The maximum absolute atomic E-state index is 11.0. The number of carbonyl (C=O) groups excluding carboxylic acids is 1. The lowest BCUT2D eigenvalue weighted by Gasteiger charge is -2.36. The minimum atomic E-state index is -0.274. The number of anilines is 1. The van der Waals surface area contributed by atoms with Gasteiger partial charge in [0.05, 0.1) is 20.1 Å². The minimum absolute atomic E-state index is 0.252. The van der Waals surface area contributed by atoms with Gasteiger partial charge in [0.1, 0.15) is 0 Å². The Labute approximate surface area is 135 Å². The number of methoxy groups -OCH3 is 1. The molecule has 120 valence electrons. The summed E-state index contributed by atoms with van der Waals surface area (Å²) in [5.74, 6) is 0.212. The van der Waals surface area contributed by atoms with Crippen LogP contribution in [0.1, 0.15) is 6.42 Å². The number of hydrogen-bond acceptors (Lipinski definition) is 4. The average molecular weight is 325 g/mol. The fourth-order valence-corrected chi connectivity index (χ4v) is 2.44. The molecule has 0 aliphatic carbocycles. The van der Waals surface area contributed by atoms with Gasteiger partial charge in [-0.2, -0.15) is 0 Å². The molecule has 0 spiro atoms. The second-order valence-electron chi connectivity index (χ2n) is 5.02. The Bertz CT molecular complexity index is 525. The van der Waals surface area contributed by atoms with Crippen molar-refractivity contribution in [1.29, 1.82) is 0 Å². The predicted molar refractivity (Wildman–Crippen MR) is 88.4 cm³/mol. The summed E-state index contributed by atoms with van der Waals surface area (Å²) in [5.41, 5.74) is 7.13. The van der Waals surface area contributed by atoms with E-state index in [1.165, 1.54) is 7.11 Å². The number of hydrogen-bond donors (Lipinski definition) is 1. The topological polar surface area (TPSA) is 71.2 Å². The van der Waals surface area contributed by atoms with E-state index in [4.69, 9.17) is 17.3 Å². The van der Waals surface area contributed by atoms with Gasteiger partial charge in [0, 0.05) is 36.9 Å². The maximum Gasteiger partial charge on any atom is 0.307 e. The van der Waals surface area contributed by atoms with Gasteiger partial charge in [0.2, 0.25) is 0 Å². The molecule has 6 nitrogen and oxygen atoms in total. The van der Waals surface area contributed by atoms with Crippen LogP contribution in [0.5, 0.6) is 0 Å². The summed E-state index contributed by atoms with van der Waals surface area (Å²) in [7, 11) is 1.37. The summed E-state index contributed by atoms with van der Waals surface area (Å²) in [6.07, 6.45) is 0.252. The van der Waals surface area contributed by atoms with Crippen molar-refractivity contribution < 1.29 is 9.53 Å². The third kappa shape index (κ3) is 4.53. The zero-order valence-corrected chi connectivity index (χ0v) is 13.4. The summed E-state index contributed by atoms with van der Waals surface area (Å²) in [6.45, 7) is 3.70. The van der Waals surface area contributed by atoms with Crippen LogP contribution in [0.25, 0.3) is 0 Å². The Morgan fingerprint density at radius 2 is 1.91 bits per heavy atom. The Morgan fingerprint density at radius 1 is 1.27 bits per heavy atom. The maximum atomic E-state index is 11.0. The quantitative estimate of drug-likeness (QED) is 0.514. The number of nitrogens with zero attached hydrogens (tertiary/aromatic N) is 3. The molecule has 0 amide bonds. The standard InChI is InChI=1S/C15H21ClN4O2/c1-22-14(21)6-7-18-15(17)20-10-8-19(9-11-20)13-4-2-12(16)3-5-13/h2-5H,6-11H2,1H3,(H2,17,18). The first-order valence-electron chi connectivity index (χ1n) is 7.22. The molecule has 2 rings (SSSR count). The smallest absolute Gasteiger partial charge is 0.307 e. The Hall–Kier alpha value is -1.95. The molecule has 1 heterocycles. The van der Waals surface area contributed by atoms with Gasteiger partial charge in [-0.1, -0.05) is 11.6 Å². The average Bonchev–Trinajstić information content (AvgIpc) is 2.55. The molecule has 2 N–H and O–H groups in total. The lowest BCUT2D eigenvalue weighted by Crippen LogP contribution is -2.51. The number of aliphatic imine (C=N–C) groups is 1.